The van der Waals surface area contributed by atoms with Gasteiger partial charge in [-0.05, 0) is 89.6 Å². The molecule has 4 bridgehead atoms. The van der Waals surface area contributed by atoms with Crippen molar-refractivity contribution in [1.82, 2.24) is 10.6 Å². The Balaban J connectivity index is 0.970. The van der Waals surface area contributed by atoms with E-state index in [9.17, 15) is 9.59 Å². The number of fused-ring (bicyclic) bond motifs is 6. The van der Waals surface area contributed by atoms with Crippen molar-refractivity contribution < 1.29 is 59.6 Å². The Morgan fingerprint density at radius 2 is 0.637 bits per heavy atom. The lowest BCUT2D eigenvalue weighted by molar-refractivity contribution is -0.288. The molecular weight excluding hydrogens is 1030 g/mol. The minimum absolute atomic E-state index is 0.144. The minimum atomic E-state index is -5.84. The summed E-state index contributed by atoms with van der Waals surface area (Å²) in [4.78, 5) is 26.6. The molecule has 3 heterocycles. The van der Waals surface area contributed by atoms with Crippen molar-refractivity contribution in [2.24, 2.45) is 0 Å². The van der Waals surface area contributed by atoms with E-state index in [1.165, 1.54) is 24.3 Å². The van der Waals surface area contributed by atoms with Crippen LogP contribution in [0.5, 0.6) is 23.0 Å². The second-order valence-corrected chi connectivity index (χ2v) is 19.2. The zero-order chi connectivity index (χ0) is 55.4. The Hall–Kier alpha value is -9.08. The van der Waals surface area contributed by atoms with Crippen molar-refractivity contribution >= 4 is 54.9 Å². The topological polar surface area (TPSA) is 104 Å². The van der Waals surface area contributed by atoms with Gasteiger partial charge in [0.2, 0.25) is 5.41 Å². The highest BCUT2D eigenvalue weighted by Gasteiger charge is 2.72. The molecule has 0 radical (unpaired) electrons. The van der Waals surface area contributed by atoms with Crippen LogP contribution in [0.15, 0.2) is 194 Å². The molecule has 10 aromatic carbocycles. The largest absolute Gasteiger partial charge is 0.488 e. The summed E-state index contributed by atoms with van der Waals surface area (Å²) in [6.07, 6.45) is -11.7. The van der Waals surface area contributed by atoms with Crippen LogP contribution in [0, 0.1) is 0 Å². The van der Waals surface area contributed by atoms with Gasteiger partial charge in [-0.15, -0.1) is 0 Å². The van der Waals surface area contributed by atoms with Crippen LogP contribution in [0.4, 0.5) is 26.3 Å². The van der Waals surface area contributed by atoms with E-state index >= 15 is 26.3 Å². The molecule has 0 aliphatic carbocycles. The van der Waals surface area contributed by atoms with Crippen LogP contribution in [0.1, 0.15) is 22.3 Å². The average molecular weight is 1090 g/mol. The van der Waals surface area contributed by atoms with E-state index < -0.39 is 40.7 Å². The van der Waals surface area contributed by atoms with Gasteiger partial charge in [-0.25, -0.2) is 0 Å². The normalized spacial score (nSPS) is 15.2. The number of ether oxygens (including phenoxy) is 5. The zero-order valence-corrected chi connectivity index (χ0v) is 42.8. The number of rotatable bonds is 0. The van der Waals surface area contributed by atoms with Crippen molar-refractivity contribution in [1.29, 1.82) is 0 Å². The molecule has 3 aliphatic heterocycles. The van der Waals surface area contributed by atoms with E-state index in [1.807, 2.05) is 121 Å². The van der Waals surface area contributed by atoms with E-state index in [1.54, 1.807) is 24.3 Å². The molecule has 0 saturated heterocycles. The molecule has 15 heteroatoms. The summed E-state index contributed by atoms with van der Waals surface area (Å²) >= 11 is 0. The third kappa shape index (κ3) is 10.4. The fourth-order valence-electron chi connectivity index (χ4n) is 10.5. The summed E-state index contributed by atoms with van der Waals surface area (Å²) in [6.45, 7) is -0.634. The number of carbonyl (C=O) groups excluding carboxylic acids is 2. The molecule has 0 aromatic heterocycles. The van der Waals surface area contributed by atoms with Crippen molar-refractivity contribution in [3.63, 3.8) is 0 Å². The first-order valence-electron chi connectivity index (χ1n) is 25.8. The first-order valence-corrected chi connectivity index (χ1v) is 25.8. The van der Waals surface area contributed by atoms with Crippen LogP contribution in [0.2, 0.25) is 0 Å². The lowest BCUT2D eigenvalue weighted by Crippen LogP contribution is -2.54. The molecule has 0 spiro atoms. The van der Waals surface area contributed by atoms with Crippen molar-refractivity contribution in [2.75, 3.05) is 39.5 Å². The maximum atomic E-state index is 15.6. The van der Waals surface area contributed by atoms with Gasteiger partial charge < -0.3 is 34.3 Å². The van der Waals surface area contributed by atoms with E-state index in [-0.39, 0.29) is 52.7 Å². The van der Waals surface area contributed by atoms with Crippen LogP contribution in [-0.2, 0) is 33.0 Å². The smallest absolute Gasteiger partial charge is 0.411 e. The highest BCUT2D eigenvalue weighted by atomic mass is 19.4. The number of nitrogens with one attached hydrogen (secondary N) is 2. The summed E-state index contributed by atoms with van der Waals surface area (Å²) in [6, 6.07) is 52.8. The molecular formula is C65H50F6N2O7. The third-order valence-electron chi connectivity index (χ3n) is 14.3. The Bertz CT molecular complexity index is 3670. The van der Waals surface area contributed by atoms with E-state index in [2.05, 4.69) is 10.6 Å². The quantitative estimate of drug-likeness (QED) is 0.146. The van der Waals surface area contributed by atoms with E-state index in [0.717, 1.165) is 67.4 Å². The predicted octanol–water partition coefficient (Wildman–Crippen LogP) is 14.2. The molecule has 9 nitrogen and oxygen atoms in total. The fraction of sp³-hybridized carbons (Fsp3) is 0.169. The molecule has 0 saturated carbocycles. The van der Waals surface area contributed by atoms with Crippen molar-refractivity contribution in [2.45, 2.75) is 31.0 Å². The van der Waals surface area contributed by atoms with Gasteiger partial charge in [0.15, 0.2) is 13.2 Å². The van der Waals surface area contributed by atoms with Crippen molar-refractivity contribution in [3.05, 3.63) is 216 Å². The number of benzene rings is 10. The summed E-state index contributed by atoms with van der Waals surface area (Å²) in [5.41, 5.74) is -3.52. The summed E-state index contributed by atoms with van der Waals surface area (Å²) < 4.78 is 125. The number of hydrogen-bond acceptors (Lipinski definition) is 7. The lowest BCUT2D eigenvalue weighted by Gasteiger charge is -2.38. The maximum Gasteiger partial charge on any atom is 0.411 e. The molecule has 2 amide bonds. The predicted molar refractivity (Wildman–Crippen MR) is 296 cm³/mol. The Labute approximate surface area is 455 Å². The fourth-order valence-corrected chi connectivity index (χ4v) is 10.5. The highest BCUT2D eigenvalue weighted by Crippen LogP contribution is 2.56. The van der Waals surface area contributed by atoms with E-state index in [0.29, 0.717) is 56.4 Å². The standard InChI is InChI=1S/C65H50F6N2O7/c66-64(67,68)63(65(69,70)71)47-25-17-41(18-26-47)37-77-53-29-21-43-9-1-5-13-49(43)59(53)61-51-15-7-3-11-45(51)23-31-55(61)79-39-57(74)72-33-35-76-36-34-73-58(75)40-80-56-32-24-46-12-4-8-16-52(46)62(56)60-50-14-6-2-10-44(50)22-30-54(60)78-38-42-19-27-48(63)28-20-42/h1-32H,33-40H2,(H,72,74)(H,73,75). The number of carbonyl (C=O) groups is 2. The zero-order valence-electron chi connectivity index (χ0n) is 42.8. The first-order chi connectivity index (χ1) is 38.8. The summed E-state index contributed by atoms with van der Waals surface area (Å²) in [5, 5.41) is 12.0. The Morgan fingerprint density at radius 3 is 0.938 bits per heavy atom. The third-order valence-corrected chi connectivity index (χ3v) is 14.3. The molecule has 13 rings (SSSR count). The van der Waals surface area contributed by atoms with Crippen LogP contribution >= 0.6 is 0 Å². The second kappa shape index (κ2) is 22.3. The molecule has 404 valence electrons. The highest BCUT2D eigenvalue weighted by molar-refractivity contribution is 6.11. The minimum Gasteiger partial charge on any atom is -0.488 e. The Kier molecular flexibility index (Phi) is 14.8. The molecule has 2 N–H and O–H groups in total. The summed E-state index contributed by atoms with van der Waals surface area (Å²) in [7, 11) is 0. The van der Waals surface area contributed by atoms with Crippen LogP contribution in [-0.4, -0.2) is 63.7 Å². The van der Waals surface area contributed by atoms with Gasteiger partial charge in [-0.3, -0.25) is 9.59 Å². The van der Waals surface area contributed by atoms with Gasteiger partial charge in [0.25, 0.3) is 11.8 Å². The molecule has 0 unspecified atom stereocenters. The molecule has 10 aromatic rings. The SMILES string of the molecule is O=C1COc2ccc3ccccc3c2-c2c(ccc3ccccc23)OCc2ccc(cc2)C(C(F)(F)F)(C(F)(F)F)c2ccc(cc2)COc2ccc3ccccc3c2-c2c(ccc3ccccc23)OCC(=O)NCCOCCN1. The van der Waals surface area contributed by atoms with E-state index in [4.69, 9.17) is 23.7 Å². The molecule has 0 fully saturated rings. The number of amides is 2. The van der Waals surface area contributed by atoms with Gasteiger partial charge in [-0.2, -0.15) is 26.3 Å². The molecule has 0 atom stereocenters. The van der Waals surface area contributed by atoms with Gasteiger partial charge >= 0.3 is 12.4 Å². The van der Waals surface area contributed by atoms with Gasteiger partial charge in [0.05, 0.1) is 13.2 Å². The number of halogens is 6. The number of alkyl halides is 6. The van der Waals surface area contributed by atoms with Crippen LogP contribution < -0.4 is 29.6 Å². The average Bonchev–Trinajstić information content (AvgIpc) is 3.64. The van der Waals surface area contributed by atoms with Crippen LogP contribution in [0.25, 0.3) is 65.3 Å². The van der Waals surface area contributed by atoms with Gasteiger partial charge in [0, 0.05) is 35.3 Å². The first kappa shape index (κ1) is 52.9. The van der Waals surface area contributed by atoms with Crippen LogP contribution in [0.3, 0.4) is 0 Å². The second-order valence-electron chi connectivity index (χ2n) is 19.2. The molecule has 3 aliphatic rings. The van der Waals surface area contributed by atoms with Gasteiger partial charge in [-0.1, -0.05) is 170 Å². The monoisotopic (exact) mass is 1080 g/mol. The maximum absolute atomic E-state index is 15.6. The van der Waals surface area contributed by atoms with Gasteiger partial charge in [0.1, 0.15) is 36.2 Å². The lowest BCUT2D eigenvalue weighted by atomic mass is 9.72. The summed E-state index contributed by atoms with van der Waals surface area (Å²) in [5.74, 6) is 0.528. The Morgan fingerprint density at radius 1 is 0.350 bits per heavy atom. The number of hydrogen-bond donors (Lipinski definition) is 2. The molecule has 80 heavy (non-hydrogen) atoms. The van der Waals surface area contributed by atoms with Crippen molar-refractivity contribution in [3.8, 4) is 45.3 Å².